The molecule has 0 aliphatic carbocycles. The van der Waals surface area contributed by atoms with Crippen molar-refractivity contribution in [2.75, 3.05) is 26.7 Å². The van der Waals surface area contributed by atoms with Crippen molar-refractivity contribution in [1.82, 2.24) is 15.5 Å². The molecule has 2 N–H and O–H groups in total. The van der Waals surface area contributed by atoms with Gasteiger partial charge in [-0.2, -0.15) is 0 Å². The zero-order chi connectivity index (χ0) is 11.4. The first-order valence-electron chi connectivity index (χ1n) is 6.45. The fourth-order valence-corrected chi connectivity index (χ4v) is 2.58. The summed E-state index contributed by atoms with van der Waals surface area (Å²) < 4.78 is 0. The van der Waals surface area contributed by atoms with Crippen LogP contribution in [0.25, 0.3) is 0 Å². The molecule has 2 atom stereocenters. The highest BCUT2D eigenvalue weighted by molar-refractivity contribution is 5.78. The topological polar surface area (TPSA) is 44.4 Å². The second kappa shape index (κ2) is 5.64. The maximum Gasteiger partial charge on any atom is 0.220 e. The van der Waals surface area contributed by atoms with Crippen molar-refractivity contribution in [2.24, 2.45) is 0 Å². The van der Waals surface area contributed by atoms with E-state index in [1.807, 2.05) is 0 Å². The van der Waals surface area contributed by atoms with Crippen molar-refractivity contribution in [1.29, 1.82) is 0 Å². The standard InChI is InChI=1S/C12H23N3O/c1-15-7-2-3-10(6-8-15)13-9-11-4-5-12(16)14-11/h10-11,13H,2-9H2,1H3,(H,14,16). The fourth-order valence-electron chi connectivity index (χ4n) is 2.58. The first-order valence-corrected chi connectivity index (χ1v) is 6.45. The highest BCUT2D eigenvalue weighted by Gasteiger charge is 2.22. The fraction of sp³-hybridized carbons (Fsp3) is 0.917. The lowest BCUT2D eigenvalue weighted by molar-refractivity contribution is -0.119. The van der Waals surface area contributed by atoms with Crippen LogP contribution in [0.1, 0.15) is 32.1 Å². The number of nitrogens with zero attached hydrogens (tertiary/aromatic N) is 1. The van der Waals surface area contributed by atoms with Gasteiger partial charge in [-0.25, -0.2) is 0 Å². The SMILES string of the molecule is CN1CCCC(NCC2CCC(=O)N2)CC1. The Labute approximate surface area is 97.8 Å². The zero-order valence-electron chi connectivity index (χ0n) is 10.2. The summed E-state index contributed by atoms with van der Waals surface area (Å²) in [5, 5.41) is 6.61. The molecule has 1 amide bonds. The van der Waals surface area contributed by atoms with Gasteiger partial charge in [-0.05, 0) is 45.8 Å². The van der Waals surface area contributed by atoms with Gasteiger partial charge in [0.1, 0.15) is 0 Å². The molecule has 2 aliphatic rings. The third kappa shape index (κ3) is 3.46. The van der Waals surface area contributed by atoms with E-state index < -0.39 is 0 Å². The average molecular weight is 225 g/mol. The van der Waals surface area contributed by atoms with Gasteiger partial charge in [0.15, 0.2) is 0 Å². The van der Waals surface area contributed by atoms with E-state index in [2.05, 4.69) is 22.6 Å². The monoisotopic (exact) mass is 225 g/mol. The molecule has 4 heteroatoms. The predicted molar refractivity (Wildman–Crippen MR) is 64.3 cm³/mol. The number of hydrogen-bond donors (Lipinski definition) is 2. The number of carbonyl (C=O) groups is 1. The van der Waals surface area contributed by atoms with Crippen LogP contribution in [0.2, 0.25) is 0 Å². The van der Waals surface area contributed by atoms with Crippen LogP contribution in [0.15, 0.2) is 0 Å². The van der Waals surface area contributed by atoms with E-state index in [9.17, 15) is 4.79 Å². The molecule has 2 aliphatic heterocycles. The molecule has 2 fully saturated rings. The number of carbonyl (C=O) groups excluding carboxylic acids is 1. The molecule has 0 aromatic rings. The minimum atomic E-state index is 0.215. The van der Waals surface area contributed by atoms with Gasteiger partial charge in [-0.3, -0.25) is 4.79 Å². The molecule has 4 nitrogen and oxygen atoms in total. The van der Waals surface area contributed by atoms with Crippen molar-refractivity contribution < 1.29 is 4.79 Å². The molecule has 16 heavy (non-hydrogen) atoms. The molecule has 2 unspecified atom stereocenters. The van der Waals surface area contributed by atoms with E-state index in [4.69, 9.17) is 0 Å². The third-order valence-electron chi connectivity index (χ3n) is 3.69. The van der Waals surface area contributed by atoms with E-state index in [1.165, 1.54) is 32.4 Å². The zero-order valence-corrected chi connectivity index (χ0v) is 10.2. The van der Waals surface area contributed by atoms with E-state index in [0.717, 1.165) is 13.0 Å². The lowest BCUT2D eigenvalue weighted by Gasteiger charge is -2.19. The highest BCUT2D eigenvalue weighted by Crippen LogP contribution is 2.11. The Kier molecular flexibility index (Phi) is 4.18. The molecule has 2 heterocycles. The molecule has 0 radical (unpaired) electrons. The maximum atomic E-state index is 11.1. The van der Waals surface area contributed by atoms with Crippen LogP contribution >= 0.6 is 0 Å². The summed E-state index contributed by atoms with van der Waals surface area (Å²) in [6, 6.07) is 1.01. The lowest BCUT2D eigenvalue weighted by atomic mass is 10.1. The minimum Gasteiger partial charge on any atom is -0.352 e. The van der Waals surface area contributed by atoms with Crippen LogP contribution in [0, 0.1) is 0 Å². The number of likely N-dealkylation sites (tertiary alicyclic amines) is 1. The molecule has 2 saturated heterocycles. The van der Waals surface area contributed by atoms with Crippen LogP contribution in [-0.4, -0.2) is 49.6 Å². The van der Waals surface area contributed by atoms with Gasteiger partial charge in [-0.15, -0.1) is 0 Å². The molecular weight excluding hydrogens is 202 g/mol. The molecule has 92 valence electrons. The van der Waals surface area contributed by atoms with Crippen LogP contribution in [0.3, 0.4) is 0 Å². The smallest absolute Gasteiger partial charge is 0.220 e. The van der Waals surface area contributed by atoms with Crippen molar-refractivity contribution in [2.45, 2.75) is 44.2 Å². The summed E-state index contributed by atoms with van der Waals surface area (Å²) in [5.74, 6) is 0.215. The molecule has 0 spiro atoms. The Morgan fingerprint density at radius 3 is 3.00 bits per heavy atom. The first-order chi connectivity index (χ1) is 7.74. The predicted octanol–water partition coefficient (Wildman–Crippen LogP) is 0.339. The summed E-state index contributed by atoms with van der Waals surface area (Å²) in [7, 11) is 2.19. The molecule has 0 bridgehead atoms. The number of amides is 1. The van der Waals surface area contributed by atoms with E-state index >= 15 is 0 Å². The number of nitrogens with one attached hydrogen (secondary N) is 2. The second-order valence-corrected chi connectivity index (χ2v) is 5.14. The first kappa shape index (κ1) is 11.9. The Bertz CT molecular complexity index is 244. The summed E-state index contributed by atoms with van der Waals surface area (Å²) in [6.45, 7) is 3.35. The Balaban J connectivity index is 1.67. The normalized spacial score (nSPS) is 32.4. The third-order valence-corrected chi connectivity index (χ3v) is 3.69. The van der Waals surface area contributed by atoms with Crippen molar-refractivity contribution >= 4 is 5.91 Å². The van der Waals surface area contributed by atoms with E-state index in [1.54, 1.807) is 0 Å². The minimum absolute atomic E-state index is 0.215. The molecule has 0 aromatic heterocycles. The summed E-state index contributed by atoms with van der Waals surface area (Å²) in [4.78, 5) is 13.5. The van der Waals surface area contributed by atoms with Crippen molar-refractivity contribution in [3.8, 4) is 0 Å². The van der Waals surface area contributed by atoms with Gasteiger partial charge in [0.25, 0.3) is 0 Å². The van der Waals surface area contributed by atoms with Gasteiger partial charge in [-0.1, -0.05) is 0 Å². The average Bonchev–Trinajstić information content (AvgIpc) is 2.56. The van der Waals surface area contributed by atoms with Gasteiger partial charge in [0.05, 0.1) is 0 Å². The molecule has 0 aromatic carbocycles. The quantitative estimate of drug-likeness (QED) is 0.728. The van der Waals surface area contributed by atoms with Crippen LogP contribution in [0.5, 0.6) is 0 Å². The Morgan fingerprint density at radius 1 is 1.38 bits per heavy atom. The Hall–Kier alpha value is -0.610. The van der Waals surface area contributed by atoms with Crippen molar-refractivity contribution in [3.63, 3.8) is 0 Å². The van der Waals surface area contributed by atoms with E-state index in [0.29, 0.717) is 18.5 Å². The summed E-state index contributed by atoms with van der Waals surface area (Å²) >= 11 is 0. The maximum absolute atomic E-state index is 11.1. The van der Waals surface area contributed by atoms with Crippen LogP contribution < -0.4 is 10.6 Å². The number of rotatable bonds is 3. The van der Waals surface area contributed by atoms with E-state index in [-0.39, 0.29) is 5.91 Å². The Morgan fingerprint density at radius 2 is 2.25 bits per heavy atom. The largest absolute Gasteiger partial charge is 0.352 e. The summed E-state index contributed by atoms with van der Waals surface area (Å²) in [5.41, 5.74) is 0. The molecule has 0 saturated carbocycles. The molecule has 2 rings (SSSR count). The van der Waals surface area contributed by atoms with Gasteiger partial charge < -0.3 is 15.5 Å². The van der Waals surface area contributed by atoms with Gasteiger partial charge in [0, 0.05) is 25.0 Å². The van der Waals surface area contributed by atoms with Gasteiger partial charge >= 0.3 is 0 Å². The van der Waals surface area contributed by atoms with Crippen molar-refractivity contribution in [3.05, 3.63) is 0 Å². The lowest BCUT2D eigenvalue weighted by Crippen LogP contribution is -2.40. The second-order valence-electron chi connectivity index (χ2n) is 5.14. The number of hydrogen-bond acceptors (Lipinski definition) is 3. The summed E-state index contributed by atoms with van der Waals surface area (Å²) in [6.07, 6.45) is 5.49. The molecular formula is C12H23N3O. The van der Waals surface area contributed by atoms with Gasteiger partial charge in [0.2, 0.25) is 5.91 Å². The highest BCUT2D eigenvalue weighted by atomic mass is 16.1. The van der Waals surface area contributed by atoms with Crippen LogP contribution in [-0.2, 0) is 4.79 Å². The van der Waals surface area contributed by atoms with Crippen LogP contribution in [0.4, 0.5) is 0 Å².